The van der Waals surface area contributed by atoms with Gasteiger partial charge in [0.05, 0.1) is 10.6 Å². The van der Waals surface area contributed by atoms with Gasteiger partial charge in [0, 0.05) is 24.4 Å². The number of hydrogen-bond acceptors (Lipinski definition) is 5. The zero-order chi connectivity index (χ0) is 12.0. The first-order valence-electron chi connectivity index (χ1n) is 4.55. The summed E-state index contributed by atoms with van der Waals surface area (Å²) in [6, 6.07) is 5.88. The Morgan fingerprint density at radius 3 is 2.56 bits per heavy atom. The SMILES string of the molecule is NCCSC(N)=Nc1ccc([N+](=O)[O-])cc1. The van der Waals surface area contributed by atoms with Crippen molar-refractivity contribution >= 4 is 28.3 Å². The molecule has 1 rings (SSSR count). The van der Waals surface area contributed by atoms with E-state index < -0.39 is 4.92 Å². The third-order valence-electron chi connectivity index (χ3n) is 1.67. The zero-order valence-electron chi connectivity index (χ0n) is 8.50. The number of rotatable bonds is 4. The summed E-state index contributed by atoms with van der Waals surface area (Å²) in [5.41, 5.74) is 11.6. The van der Waals surface area contributed by atoms with Gasteiger partial charge in [-0.3, -0.25) is 10.1 Å². The van der Waals surface area contributed by atoms with E-state index in [0.717, 1.165) is 0 Å². The summed E-state index contributed by atoms with van der Waals surface area (Å²) in [6.07, 6.45) is 0. The lowest BCUT2D eigenvalue weighted by molar-refractivity contribution is -0.384. The Hall–Kier alpha value is -1.60. The number of thioether (sulfide) groups is 1. The van der Waals surface area contributed by atoms with Gasteiger partial charge in [0.15, 0.2) is 5.17 Å². The van der Waals surface area contributed by atoms with Gasteiger partial charge in [-0.05, 0) is 12.1 Å². The molecule has 0 atom stereocenters. The van der Waals surface area contributed by atoms with Crippen LogP contribution in [0.25, 0.3) is 0 Å². The van der Waals surface area contributed by atoms with Gasteiger partial charge in [-0.15, -0.1) is 0 Å². The number of non-ortho nitro benzene ring substituents is 1. The maximum atomic E-state index is 10.4. The summed E-state index contributed by atoms with van der Waals surface area (Å²) < 4.78 is 0. The van der Waals surface area contributed by atoms with Gasteiger partial charge in [0.2, 0.25) is 0 Å². The molecule has 4 N–H and O–H groups in total. The average Bonchev–Trinajstić information content (AvgIpc) is 2.27. The van der Waals surface area contributed by atoms with Crippen molar-refractivity contribution in [1.29, 1.82) is 0 Å². The molecule has 0 radical (unpaired) electrons. The lowest BCUT2D eigenvalue weighted by atomic mass is 10.3. The number of nitrogens with zero attached hydrogens (tertiary/aromatic N) is 2. The van der Waals surface area contributed by atoms with Crippen LogP contribution < -0.4 is 11.5 Å². The van der Waals surface area contributed by atoms with Crippen molar-refractivity contribution in [2.24, 2.45) is 16.5 Å². The summed E-state index contributed by atoms with van der Waals surface area (Å²) in [4.78, 5) is 14.0. The van der Waals surface area contributed by atoms with E-state index in [9.17, 15) is 10.1 Å². The molecule has 0 saturated heterocycles. The van der Waals surface area contributed by atoms with Gasteiger partial charge < -0.3 is 11.5 Å². The Morgan fingerprint density at radius 1 is 1.44 bits per heavy atom. The highest BCUT2D eigenvalue weighted by Gasteiger charge is 2.03. The third kappa shape index (κ3) is 3.87. The molecule has 0 fully saturated rings. The van der Waals surface area contributed by atoms with E-state index in [2.05, 4.69) is 4.99 Å². The molecule has 6 nitrogen and oxygen atoms in total. The van der Waals surface area contributed by atoms with Crippen LogP contribution in [-0.4, -0.2) is 22.4 Å². The number of benzene rings is 1. The summed E-state index contributed by atoms with van der Waals surface area (Å²) in [5.74, 6) is 0.697. The zero-order valence-corrected chi connectivity index (χ0v) is 9.31. The van der Waals surface area contributed by atoms with Gasteiger partial charge >= 0.3 is 0 Å². The van der Waals surface area contributed by atoms with Crippen LogP contribution in [0.2, 0.25) is 0 Å². The minimum atomic E-state index is -0.458. The highest BCUT2D eigenvalue weighted by Crippen LogP contribution is 2.18. The van der Waals surface area contributed by atoms with Crippen LogP contribution in [0.1, 0.15) is 0 Å². The van der Waals surface area contributed by atoms with Crippen LogP contribution in [0.4, 0.5) is 11.4 Å². The molecule has 0 spiro atoms. The molecule has 0 aromatic heterocycles. The number of amidine groups is 1. The Morgan fingerprint density at radius 2 is 2.06 bits per heavy atom. The molecule has 0 aliphatic heterocycles. The smallest absolute Gasteiger partial charge is 0.269 e. The fraction of sp³-hybridized carbons (Fsp3) is 0.222. The summed E-state index contributed by atoms with van der Waals surface area (Å²) in [7, 11) is 0. The molecular formula is C9H12N4O2S. The molecular weight excluding hydrogens is 228 g/mol. The largest absolute Gasteiger partial charge is 0.378 e. The van der Waals surface area contributed by atoms with Gasteiger partial charge in [-0.25, -0.2) is 4.99 Å². The Kier molecular flexibility index (Phi) is 4.74. The van der Waals surface area contributed by atoms with E-state index in [1.807, 2.05) is 0 Å². The van der Waals surface area contributed by atoms with E-state index >= 15 is 0 Å². The number of hydrogen-bond donors (Lipinski definition) is 2. The molecule has 0 saturated carbocycles. The minimum Gasteiger partial charge on any atom is -0.378 e. The van der Waals surface area contributed by atoms with Gasteiger partial charge in [0.1, 0.15) is 0 Å². The topological polar surface area (TPSA) is 108 Å². The second kappa shape index (κ2) is 6.09. The van der Waals surface area contributed by atoms with Crippen LogP contribution in [0.15, 0.2) is 29.3 Å². The standard InChI is InChI=1S/C9H12N4O2S/c10-5-6-16-9(11)12-7-1-3-8(4-2-7)13(14)15/h1-4H,5-6,10H2,(H2,11,12). The molecule has 0 unspecified atom stereocenters. The molecule has 0 aliphatic rings. The van der Waals surface area contributed by atoms with Crippen LogP contribution >= 0.6 is 11.8 Å². The van der Waals surface area contributed by atoms with E-state index in [4.69, 9.17) is 11.5 Å². The number of nitro benzene ring substituents is 1. The molecule has 0 amide bonds. The van der Waals surface area contributed by atoms with Gasteiger partial charge in [-0.1, -0.05) is 11.8 Å². The quantitative estimate of drug-likeness (QED) is 0.356. The number of nitro groups is 1. The molecule has 1 aromatic carbocycles. The van der Waals surface area contributed by atoms with Gasteiger partial charge in [-0.2, -0.15) is 0 Å². The van der Waals surface area contributed by atoms with Crippen molar-refractivity contribution in [3.63, 3.8) is 0 Å². The predicted octanol–water partition coefficient (Wildman–Crippen LogP) is 1.23. The molecule has 0 heterocycles. The molecule has 1 aromatic rings. The lowest BCUT2D eigenvalue weighted by Crippen LogP contribution is -2.10. The Balaban J connectivity index is 2.71. The number of aliphatic imine (C=N–C) groups is 1. The van der Waals surface area contributed by atoms with Gasteiger partial charge in [0.25, 0.3) is 5.69 Å². The monoisotopic (exact) mass is 240 g/mol. The Labute approximate surface area is 96.9 Å². The lowest BCUT2D eigenvalue weighted by Gasteiger charge is -1.98. The van der Waals surface area contributed by atoms with E-state index in [1.165, 1.54) is 23.9 Å². The fourth-order valence-electron chi connectivity index (χ4n) is 0.972. The maximum Gasteiger partial charge on any atom is 0.269 e. The first-order valence-corrected chi connectivity index (χ1v) is 5.53. The van der Waals surface area contributed by atoms with Crippen molar-refractivity contribution < 1.29 is 4.92 Å². The molecule has 16 heavy (non-hydrogen) atoms. The normalized spacial score (nSPS) is 11.4. The van der Waals surface area contributed by atoms with Crippen LogP contribution in [0.5, 0.6) is 0 Å². The highest BCUT2D eigenvalue weighted by atomic mass is 32.2. The van der Waals surface area contributed by atoms with E-state index in [0.29, 0.717) is 23.2 Å². The third-order valence-corrected chi connectivity index (χ3v) is 2.49. The van der Waals surface area contributed by atoms with Crippen molar-refractivity contribution in [1.82, 2.24) is 0 Å². The number of nitrogens with two attached hydrogens (primary N) is 2. The molecule has 7 heteroatoms. The summed E-state index contributed by atoms with van der Waals surface area (Å²) >= 11 is 1.35. The van der Waals surface area contributed by atoms with Crippen molar-refractivity contribution in [2.45, 2.75) is 0 Å². The summed E-state index contributed by atoms with van der Waals surface area (Å²) in [5, 5.41) is 10.8. The van der Waals surface area contributed by atoms with Crippen LogP contribution in [-0.2, 0) is 0 Å². The second-order valence-corrected chi connectivity index (χ2v) is 3.98. The van der Waals surface area contributed by atoms with Crippen molar-refractivity contribution in [3.05, 3.63) is 34.4 Å². The first-order chi connectivity index (χ1) is 7.63. The molecule has 0 bridgehead atoms. The predicted molar refractivity (Wildman–Crippen MR) is 65.9 cm³/mol. The first kappa shape index (κ1) is 12.5. The Bertz CT molecular complexity index is 391. The van der Waals surface area contributed by atoms with E-state index in [-0.39, 0.29) is 5.69 Å². The highest BCUT2D eigenvalue weighted by molar-refractivity contribution is 8.13. The van der Waals surface area contributed by atoms with E-state index in [1.54, 1.807) is 12.1 Å². The van der Waals surface area contributed by atoms with Crippen LogP contribution in [0.3, 0.4) is 0 Å². The average molecular weight is 240 g/mol. The van der Waals surface area contributed by atoms with Crippen LogP contribution in [0, 0.1) is 10.1 Å². The summed E-state index contributed by atoms with van der Waals surface area (Å²) in [6.45, 7) is 0.529. The molecule has 0 aliphatic carbocycles. The van der Waals surface area contributed by atoms with Crippen molar-refractivity contribution in [3.8, 4) is 0 Å². The molecule has 86 valence electrons. The minimum absolute atomic E-state index is 0.0344. The maximum absolute atomic E-state index is 10.4. The van der Waals surface area contributed by atoms with Crippen molar-refractivity contribution in [2.75, 3.05) is 12.3 Å². The fourth-order valence-corrected chi connectivity index (χ4v) is 1.47. The second-order valence-electron chi connectivity index (χ2n) is 2.86.